The highest BCUT2D eigenvalue weighted by molar-refractivity contribution is 5.88. The molecule has 5 heteroatoms. The molecule has 19 heavy (non-hydrogen) atoms. The molecule has 1 aromatic rings. The van der Waals surface area contributed by atoms with Gasteiger partial charge in [0.1, 0.15) is 0 Å². The monoisotopic (exact) mass is 268 g/mol. The molecule has 1 aliphatic rings. The minimum atomic E-state index is -1.12. The van der Waals surface area contributed by atoms with Crippen molar-refractivity contribution in [2.45, 2.75) is 45.0 Å². The van der Waals surface area contributed by atoms with Gasteiger partial charge in [0.2, 0.25) is 0 Å². The van der Waals surface area contributed by atoms with E-state index in [0.29, 0.717) is 0 Å². The number of ether oxygens (including phenoxy) is 2. The minimum absolute atomic E-state index is 0.00975. The number of halogens is 1. The van der Waals surface area contributed by atoms with Crippen molar-refractivity contribution in [2.75, 3.05) is 0 Å². The van der Waals surface area contributed by atoms with Crippen molar-refractivity contribution in [1.82, 2.24) is 0 Å². The van der Waals surface area contributed by atoms with Gasteiger partial charge in [0.05, 0.1) is 11.7 Å². The third kappa shape index (κ3) is 3.67. The lowest BCUT2D eigenvalue weighted by Crippen LogP contribution is -2.23. The zero-order chi connectivity index (χ0) is 13.8. The van der Waals surface area contributed by atoms with Crippen LogP contribution in [-0.2, 0) is 4.74 Å². The van der Waals surface area contributed by atoms with Gasteiger partial charge in [-0.05, 0) is 38.0 Å². The van der Waals surface area contributed by atoms with Crippen molar-refractivity contribution < 1.29 is 23.8 Å². The van der Waals surface area contributed by atoms with Crippen LogP contribution < -0.4 is 4.74 Å². The zero-order valence-electron chi connectivity index (χ0n) is 10.8. The van der Waals surface area contributed by atoms with E-state index in [0.717, 1.165) is 31.7 Å². The largest absolute Gasteiger partial charge is 0.478 e. The molecule has 0 aromatic heterocycles. The number of carboxylic acid groups (broad SMARTS) is 1. The van der Waals surface area contributed by atoms with Crippen LogP contribution in [0.15, 0.2) is 18.2 Å². The SMILES string of the molecule is CC(Oc1cc(C(=O)O)ccc1F)OC1CCCC1. The Labute approximate surface area is 111 Å². The second kappa shape index (κ2) is 6.02. The molecule has 0 amide bonds. The fourth-order valence-electron chi connectivity index (χ4n) is 2.23. The van der Waals surface area contributed by atoms with Crippen LogP contribution in [0.5, 0.6) is 5.75 Å². The number of carbonyl (C=O) groups is 1. The molecule has 1 aliphatic carbocycles. The van der Waals surface area contributed by atoms with E-state index in [1.807, 2.05) is 0 Å². The van der Waals surface area contributed by atoms with Gasteiger partial charge in [-0.1, -0.05) is 12.8 Å². The summed E-state index contributed by atoms with van der Waals surface area (Å²) in [5.41, 5.74) is -0.00975. The number of hydrogen-bond donors (Lipinski definition) is 1. The molecule has 1 N–H and O–H groups in total. The van der Waals surface area contributed by atoms with Gasteiger partial charge in [0.25, 0.3) is 0 Å². The van der Waals surface area contributed by atoms with Gasteiger partial charge in [-0.3, -0.25) is 0 Å². The topological polar surface area (TPSA) is 55.8 Å². The molecule has 0 spiro atoms. The normalized spacial score (nSPS) is 17.4. The Bertz CT molecular complexity index is 455. The van der Waals surface area contributed by atoms with Crippen LogP contribution in [0.3, 0.4) is 0 Å². The van der Waals surface area contributed by atoms with E-state index in [2.05, 4.69) is 0 Å². The average Bonchev–Trinajstić information content (AvgIpc) is 2.84. The van der Waals surface area contributed by atoms with Crippen LogP contribution in [0.25, 0.3) is 0 Å². The Kier molecular flexibility index (Phi) is 4.37. The third-order valence-electron chi connectivity index (χ3n) is 3.16. The number of carboxylic acids is 1. The van der Waals surface area contributed by atoms with Gasteiger partial charge in [-0.15, -0.1) is 0 Å². The molecular weight excluding hydrogens is 251 g/mol. The summed E-state index contributed by atoms with van der Waals surface area (Å²) in [6, 6.07) is 3.46. The van der Waals surface area contributed by atoms with E-state index < -0.39 is 18.1 Å². The van der Waals surface area contributed by atoms with E-state index in [1.165, 1.54) is 12.1 Å². The van der Waals surface area contributed by atoms with Gasteiger partial charge in [-0.2, -0.15) is 0 Å². The van der Waals surface area contributed by atoms with Crippen molar-refractivity contribution in [3.8, 4) is 5.75 Å². The van der Waals surface area contributed by atoms with Gasteiger partial charge in [0.15, 0.2) is 17.9 Å². The lowest BCUT2D eigenvalue weighted by atomic mass is 10.2. The molecule has 1 fully saturated rings. The fraction of sp³-hybridized carbons (Fsp3) is 0.500. The minimum Gasteiger partial charge on any atom is -0.478 e. The average molecular weight is 268 g/mol. The Balaban J connectivity index is 2.00. The summed E-state index contributed by atoms with van der Waals surface area (Å²) >= 11 is 0. The summed E-state index contributed by atoms with van der Waals surface area (Å²) in [5, 5.41) is 8.85. The fourth-order valence-corrected chi connectivity index (χ4v) is 2.23. The Morgan fingerprint density at radius 2 is 2.11 bits per heavy atom. The maximum absolute atomic E-state index is 13.5. The first-order valence-corrected chi connectivity index (χ1v) is 6.41. The van der Waals surface area contributed by atoms with Gasteiger partial charge in [-0.25, -0.2) is 9.18 Å². The molecule has 104 valence electrons. The van der Waals surface area contributed by atoms with E-state index in [-0.39, 0.29) is 17.4 Å². The summed E-state index contributed by atoms with van der Waals surface area (Å²) in [6.45, 7) is 1.69. The maximum Gasteiger partial charge on any atom is 0.335 e. The van der Waals surface area contributed by atoms with Crippen molar-refractivity contribution in [2.24, 2.45) is 0 Å². The molecule has 4 nitrogen and oxygen atoms in total. The quantitative estimate of drug-likeness (QED) is 0.833. The van der Waals surface area contributed by atoms with Crippen molar-refractivity contribution in [1.29, 1.82) is 0 Å². The highest BCUT2D eigenvalue weighted by Crippen LogP contribution is 2.25. The molecule has 0 aliphatic heterocycles. The first-order chi connectivity index (χ1) is 9.06. The molecule has 1 aromatic carbocycles. The van der Waals surface area contributed by atoms with E-state index >= 15 is 0 Å². The molecular formula is C14H17FO4. The number of benzene rings is 1. The van der Waals surface area contributed by atoms with Crippen molar-refractivity contribution >= 4 is 5.97 Å². The number of hydrogen-bond acceptors (Lipinski definition) is 3. The first-order valence-electron chi connectivity index (χ1n) is 6.41. The Morgan fingerprint density at radius 3 is 2.74 bits per heavy atom. The lowest BCUT2D eigenvalue weighted by molar-refractivity contribution is -0.106. The summed E-state index contributed by atoms with van der Waals surface area (Å²) in [6.07, 6.45) is 3.82. The van der Waals surface area contributed by atoms with Crippen LogP contribution in [0.4, 0.5) is 4.39 Å². The molecule has 2 rings (SSSR count). The maximum atomic E-state index is 13.5. The molecule has 0 radical (unpaired) electrons. The van der Waals surface area contributed by atoms with Crippen molar-refractivity contribution in [3.05, 3.63) is 29.6 Å². The van der Waals surface area contributed by atoms with Gasteiger partial charge in [0, 0.05) is 0 Å². The van der Waals surface area contributed by atoms with Crippen LogP contribution in [0.1, 0.15) is 43.0 Å². The molecule has 0 bridgehead atoms. The summed E-state index contributed by atoms with van der Waals surface area (Å²) in [7, 11) is 0. The molecule has 0 saturated heterocycles. The highest BCUT2D eigenvalue weighted by Gasteiger charge is 2.20. The predicted molar refractivity (Wildman–Crippen MR) is 66.8 cm³/mol. The summed E-state index contributed by atoms with van der Waals surface area (Å²) < 4.78 is 24.5. The standard InChI is InChI=1S/C14H17FO4/c1-9(18-11-4-2-3-5-11)19-13-8-10(14(16)17)6-7-12(13)15/h6-9,11H,2-5H2,1H3,(H,16,17). The lowest BCUT2D eigenvalue weighted by Gasteiger charge is -2.20. The predicted octanol–water partition coefficient (Wildman–Crippen LogP) is 3.21. The van der Waals surface area contributed by atoms with Crippen LogP contribution >= 0.6 is 0 Å². The second-order valence-electron chi connectivity index (χ2n) is 4.68. The molecule has 1 atom stereocenters. The molecule has 0 heterocycles. The van der Waals surface area contributed by atoms with Crippen LogP contribution in [-0.4, -0.2) is 23.5 Å². The smallest absolute Gasteiger partial charge is 0.335 e. The van der Waals surface area contributed by atoms with E-state index in [4.69, 9.17) is 14.6 Å². The first kappa shape index (κ1) is 13.8. The van der Waals surface area contributed by atoms with E-state index in [1.54, 1.807) is 6.92 Å². The molecule has 1 unspecified atom stereocenters. The summed E-state index contributed by atoms with van der Waals surface area (Å²) in [4.78, 5) is 10.8. The number of aromatic carboxylic acids is 1. The van der Waals surface area contributed by atoms with E-state index in [9.17, 15) is 9.18 Å². The zero-order valence-corrected chi connectivity index (χ0v) is 10.8. The third-order valence-corrected chi connectivity index (χ3v) is 3.16. The van der Waals surface area contributed by atoms with Gasteiger partial charge >= 0.3 is 5.97 Å². The number of rotatable bonds is 5. The second-order valence-corrected chi connectivity index (χ2v) is 4.68. The van der Waals surface area contributed by atoms with Crippen molar-refractivity contribution in [3.63, 3.8) is 0 Å². The summed E-state index contributed by atoms with van der Waals surface area (Å²) in [5.74, 6) is -1.80. The Hall–Kier alpha value is -1.62. The van der Waals surface area contributed by atoms with Gasteiger partial charge < -0.3 is 14.6 Å². The molecule has 1 saturated carbocycles. The Morgan fingerprint density at radius 1 is 1.42 bits per heavy atom. The van der Waals surface area contributed by atoms with Crippen LogP contribution in [0, 0.1) is 5.82 Å². The highest BCUT2D eigenvalue weighted by atomic mass is 19.1. The van der Waals surface area contributed by atoms with Crippen LogP contribution in [0.2, 0.25) is 0 Å².